The van der Waals surface area contributed by atoms with Gasteiger partial charge in [0.15, 0.2) is 6.61 Å². The van der Waals surface area contributed by atoms with E-state index in [2.05, 4.69) is 4.98 Å². The van der Waals surface area contributed by atoms with Crippen LogP contribution in [0.25, 0.3) is 10.9 Å². The number of carbonyl (C=O) groups excluding carboxylic acids is 2. The fourth-order valence-corrected chi connectivity index (χ4v) is 2.98. The number of Topliss-reactive ketones (excluding diaryl/α,β-unsaturated/α-hetero) is 1. The molecule has 29 heavy (non-hydrogen) atoms. The minimum Gasteiger partial charge on any atom is -0.497 e. The van der Waals surface area contributed by atoms with Gasteiger partial charge in [0.2, 0.25) is 5.78 Å². The van der Waals surface area contributed by atoms with Gasteiger partial charge in [-0.05, 0) is 30.2 Å². The lowest BCUT2D eigenvalue weighted by Gasteiger charge is -2.12. The number of ketones is 1. The number of benzene rings is 2. The molecule has 3 aromatic rings. The Kier molecular flexibility index (Phi) is 6.12. The van der Waals surface area contributed by atoms with Gasteiger partial charge in [0.1, 0.15) is 11.5 Å². The lowest BCUT2D eigenvalue weighted by Crippen LogP contribution is -2.16. The van der Waals surface area contributed by atoms with E-state index in [0.29, 0.717) is 33.5 Å². The molecular weight excluding hydrogens is 370 g/mol. The number of nitrogens with zero attached hydrogens (tertiary/aromatic N) is 1. The molecule has 150 valence electrons. The molecule has 2 aromatic carbocycles. The topological polar surface area (TPSA) is 74.7 Å². The molecule has 0 N–H and O–H groups in total. The van der Waals surface area contributed by atoms with Crippen LogP contribution in [-0.2, 0) is 4.74 Å². The summed E-state index contributed by atoms with van der Waals surface area (Å²) in [5, 5.41) is 0.691. The van der Waals surface area contributed by atoms with Crippen molar-refractivity contribution in [2.75, 3.05) is 20.8 Å². The van der Waals surface area contributed by atoms with E-state index in [-0.39, 0.29) is 11.7 Å². The maximum atomic E-state index is 12.8. The molecule has 0 atom stereocenters. The van der Waals surface area contributed by atoms with Crippen LogP contribution in [0.3, 0.4) is 0 Å². The van der Waals surface area contributed by atoms with E-state index in [0.717, 1.165) is 5.69 Å². The van der Waals surface area contributed by atoms with Gasteiger partial charge < -0.3 is 14.2 Å². The zero-order chi connectivity index (χ0) is 21.0. The monoisotopic (exact) mass is 393 g/mol. The molecule has 0 fully saturated rings. The zero-order valence-electron chi connectivity index (χ0n) is 16.9. The molecule has 0 aliphatic heterocycles. The molecule has 0 bridgehead atoms. The van der Waals surface area contributed by atoms with Crippen LogP contribution in [0.1, 0.15) is 46.2 Å². The number of rotatable bonds is 7. The van der Waals surface area contributed by atoms with Crippen molar-refractivity contribution in [1.82, 2.24) is 4.98 Å². The highest BCUT2D eigenvalue weighted by Crippen LogP contribution is 2.26. The second-order valence-corrected chi connectivity index (χ2v) is 6.83. The van der Waals surface area contributed by atoms with Crippen molar-refractivity contribution in [1.29, 1.82) is 0 Å². The second kappa shape index (κ2) is 8.73. The average molecular weight is 393 g/mol. The number of esters is 1. The molecule has 0 saturated heterocycles. The minimum absolute atomic E-state index is 0.149. The first-order chi connectivity index (χ1) is 13.9. The summed E-state index contributed by atoms with van der Waals surface area (Å²) in [6.07, 6.45) is 0. The van der Waals surface area contributed by atoms with Crippen molar-refractivity contribution in [2.24, 2.45) is 0 Å². The lowest BCUT2D eigenvalue weighted by atomic mass is 10.0. The Morgan fingerprint density at radius 2 is 1.72 bits per heavy atom. The quantitative estimate of drug-likeness (QED) is 0.437. The van der Waals surface area contributed by atoms with Gasteiger partial charge >= 0.3 is 5.97 Å². The first-order valence-electron chi connectivity index (χ1n) is 9.26. The van der Waals surface area contributed by atoms with Crippen LogP contribution in [0.15, 0.2) is 48.5 Å². The Bertz CT molecular complexity index is 1060. The molecular formula is C23H23NO5. The number of fused-ring (bicyclic) bond motifs is 1. The van der Waals surface area contributed by atoms with Gasteiger partial charge in [-0.2, -0.15) is 0 Å². The van der Waals surface area contributed by atoms with Crippen LogP contribution in [0.5, 0.6) is 11.5 Å². The maximum absolute atomic E-state index is 12.8. The van der Waals surface area contributed by atoms with Crippen LogP contribution < -0.4 is 9.47 Å². The largest absolute Gasteiger partial charge is 0.497 e. The molecule has 0 aliphatic rings. The molecule has 0 aliphatic carbocycles. The van der Waals surface area contributed by atoms with Crippen molar-refractivity contribution in [3.63, 3.8) is 0 Å². The van der Waals surface area contributed by atoms with Gasteiger partial charge in [-0.25, -0.2) is 4.79 Å². The number of pyridine rings is 1. The Labute approximate surface area is 169 Å². The van der Waals surface area contributed by atoms with Crippen LogP contribution >= 0.6 is 0 Å². The summed E-state index contributed by atoms with van der Waals surface area (Å²) in [6.45, 7) is 3.62. The number of hydrogen-bond donors (Lipinski definition) is 0. The number of ether oxygens (including phenoxy) is 3. The van der Waals surface area contributed by atoms with Crippen LogP contribution in [0.4, 0.5) is 0 Å². The van der Waals surface area contributed by atoms with Gasteiger partial charge in [-0.3, -0.25) is 9.78 Å². The van der Waals surface area contributed by atoms with E-state index >= 15 is 0 Å². The third kappa shape index (κ3) is 4.37. The third-order valence-electron chi connectivity index (χ3n) is 4.59. The number of hydrogen-bond acceptors (Lipinski definition) is 6. The summed E-state index contributed by atoms with van der Waals surface area (Å²) in [4.78, 5) is 30.0. The molecule has 0 radical (unpaired) electrons. The predicted molar refractivity (Wildman–Crippen MR) is 110 cm³/mol. The Morgan fingerprint density at radius 3 is 2.41 bits per heavy atom. The molecule has 6 nitrogen and oxygen atoms in total. The highest BCUT2D eigenvalue weighted by molar-refractivity contribution is 6.05. The zero-order valence-corrected chi connectivity index (χ0v) is 16.9. The van der Waals surface area contributed by atoms with Crippen molar-refractivity contribution >= 4 is 22.7 Å². The first-order valence-corrected chi connectivity index (χ1v) is 9.26. The van der Waals surface area contributed by atoms with E-state index in [1.165, 1.54) is 14.2 Å². The fraction of sp³-hybridized carbons (Fsp3) is 0.261. The number of para-hydroxylation sites is 1. The summed E-state index contributed by atoms with van der Waals surface area (Å²) in [6, 6.07) is 14.0. The van der Waals surface area contributed by atoms with E-state index in [9.17, 15) is 9.59 Å². The van der Waals surface area contributed by atoms with Gasteiger partial charge in [0.25, 0.3) is 0 Å². The Balaban J connectivity index is 1.83. The summed E-state index contributed by atoms with van der Waals surface area (Å²) in [5.74, 6) is 0.157. The fourth-order valence-electron chi connectivity index (χ4n) is 2.98. The van der Waals surface area contributed by atoms with Crippen molar-refractivity contribution < 1.29 is 23.8 Å². The number of carbonyl (C=O) groups is 2. The summed E-state index contributed by atoms with van der Waals surface area (Å²) in [7, 11) is 3.00. The smallest absolute Gasteiger partial charge is 0.339 e. The normalized spacial score (nSPS) is 10.8. The Morgan fingerprint density at radius 1 is 0.966 bits per heavy atom. The second-order valence-electron chi connectivity index (χ2n) is 6.83. The molecule has 3 rings (SSSR count). The maximum Gasteiger partial charge on any atom is 0.339 e. The summed E-state index contributed by atoms with van der Waals surface area (Å²) >= 11 is 0. The van der Waals surface area contributed by atoms with Crippen molar-refractivity contribution in [2.45, 2.75) is 19.8 Å². The molecule has 1 aromatic heterocycles. The van der Waals surface area contributed by atoms with E-state index in [1.807, 2.05) is 38.1 Å². The van der Waals surface area contributed by atoms with Crippen LogP contribution in [-0.4, -0.2) is 37.6 Å². The first kappa shape index (κ1) is 20.3. The van der Waals surface area contributed by atoms with E-state index in [1.54, 1.807) is 24.3 Å². The predicted octanol–water partition coefficient (Wildman–Crippen LogP) is 4.42. The van der Waals surface area contributed by atoms with Crippen molar-refractivity contribution in [3.05, 3.63) is 65.4 Å². The standard InChI is InChI=1S/C23H23NO5/c1-14(2)20-12-18(16-7-5-6-8-19(16)24-20)23(26)29-13-21(25)17-10-9-15(27-3)11-22(17)28-4/h5-12,14H,13H2,1-4H3. The molecule has 0 amide bonds. The van der Waals surface area contributed by atoms with Gasteiger partial charge in [0, 0.05) is 17.1 Å². The summed E-state index contributed by atoms with van der Waals surface area (Å²) in [5.41, 5.74) is 2.23. The van der Waals surface area contributed by atoms with E-state index in [4.69, 9.17) is 14.2 Å². The summed E-state index contributed by atoms with van der Waals surface area (Å²) < 4.78 is 15.7. The highest BCUT2D eigenvalue weighted by Gasteiger charge is 2.19. The lowest BCUT2D eigenvalue weighted by molar-refractivity contribution is 0.0475. The SMILES string of the molecule is COc1ccc(C(=O)COC(=O)c2cc(C(C)C)nc3ccccc23)c(OC)c1. The van der Waals surface area contributed by atoms with Crippen molar-refractivity contribution in [3.8, 4) is 11.5 Å². The average Bonchev–Trinajstić information content (AvgIpc) is 2.75. The molecule has 0 unspecified atom stereocenters. The van der Waals surface area contributed by atoms with Gasteiger partial charge in [0.05, 0.1) is 30.9 Å². The molecule has 6 heteroatoms. The Hall–Kier alpha value is -3.41. The number of methoxy groups -OCH3 is 2. The minimum atomic E-state index is -0.564. The van der Waals surface area contributed by atoms with E-state index < -0.39 is 12.6 Å². The van der Waals surface area contributed by atoms with Crippen LogP contribution in [0, 0.1) is 0 Å². The number of aromatic nitrogens is 1. The molecule has 0 spiro atoms. The highest BCUT2D eigenvalue weighted by atomic mass is 16.5. The third-order valence-corrected chi connectivity index (χ3v) is 4.59. The van der Waals surface area contributed by atoms with Crippen LogP contribution in [0.2, 0.25) is 0 Å². The molecule has 0 saturated carbocycles. The van der Waals surface area contributed by atoms with Gasteiger partial charge in [-0.15, -0.1) is 0 Å². The van der Waals surface area contributed by atoms with Gasteiger partial charge in [-0.1, -0.05) is 32.0 Å². The molecule has 1 heterocycles.